The van der Waals surface area contributed by atoms with E-state index in [1.807, 2.05) is 6.07 Å². The Morgan fingerprint density at radius 2 is 1.90 bits per heavy atom. The van der Waals surface area contributed by atoms with Gasteiger partial charge >= 0.3 is 6.18 Å². The molecule has 0 spiro atoms. The minimum Gasteiger partial charge on any atom is -0.772 e. The lowest BCUT2D eigenvalue weighted by Gasteiger charge is -2.30. The van der Waals surface area contributed by atoms with E-state index in [4.69, 9.17) is 28.0 Å². The van der Waals surface area contributed by atoms with E-state index in [-0.39, 0.29) is 26.7 Å². The van der Waals surface area contributed by atoms with Gasteiger partial charge in [0.25, 0.3) is 0 Å². The number of halogens is 5. The number of nitrogens with zero attached hydrogens (tertiary/aromatic N) is 1. The smallest absolute Gasteiger partial charge is 0.416 e. The van der Waals surface area contributed by atoms with E-state index in [0.29, 0.717) is 5.56 Å². The Hall–Kier alpha value is -1.67. The summed E-state index contributed by atoms with van der Waals surface area (Å²) in [6, 6.07) is 10.4. The number of rotatable bonds is 4. The molecule has 1 saturated heterocycles. The van der Waals surface area contributed by atoms with Gasteiger partial charge in [0.15, 0.2) is 6.10 Å². The van der Waals surface area contributed by atoms with Gasteiger partial charge in [0.05, 0.1) is 17.2 Å². The van der Waals surface area contributed by atoms with Crippen LogP contribution in [-0.4, -0.2) is 21.0 Å². The van der Waals surface area contributed by atoms with Crippen LogP contribution in [0.1, 0.15) is 28.7 Å². The molecule has 0 aliphatic carbocycles. The highest BCUT2D eigenvalue weighted by Gasteiger charge is 2.53. The second-order valence-corrected chi connectivity index (χ2v) is 8.22. The topological polar surface area (TPSA) is 85.2 Å². The van der Waals surface area contributed by atoms with Gasteiger partial charge in [-0.3, -0.25) is 9.05 Å². The van der Waals surface area contributed by atoms with Crippen molar-refractivity contribution < 1.29 is 26.8 Å². The third kappa shape index (κ3) is 4.58. The van der Waals surface area contributed by atoms with Crippen LogP contribution in [0.2, 0.25) is 10.0 Å². The Morgan fingerprint density at radius 1 is 1.24 bits per heavy atom. The molecule has 11 heteroatoms. The third-order valence-electron chi connectivity index (χ3n) is 4.58. The molecule has 0 radical (unpaired) electrons. The molecule has 5 nitrogen and oxygen atoms in total. The standard InChI is InChI=1S/C18H13Cl2F3N2O3S/c19-14-4-13(5-15(20)6-14)17(7-16(28-25-17)18(21,22)23)12-2-1-10(9-29(26)27)11(3-12)8-24/h1-6,16,25H,7,9H2,(H,26,27)/p-1. The van der Waals surface area contributed by atoms with Crippen LogP contribution >= 0.6 is 23.2 Å². The second-order valence-electron chi connectivity index (χ2n) is 6.45. The Labute approximate surface area is 176 Å². The minimum absolute atomic E-state index is 0.0245. The highest BCUT2D eigenvalue weighted by Crippen LogP contribution is 2.45. The van der Waals surface area contributed by atoms with Gasteiger partial charge in [0, 0.05) is 22.2 Å². The van der Waals surface area contributed by atoms with Crippen LogP contribution in [0, 0.1) is 11.3 Å². The first kappa shape index (κ1) is 22.0. The van der Waals surface area contributed by atoms with Crippen LogP contribution in [0.4, 0.5) is 13.2 Å². The van der Waals surface area contributed by atoms with Gasteiger partial charge in [-0.25, -0.2) is 0 Å². The summed E-state index contributed by atoms with van der Waals surface area (Å²) in [6.07, 6.45) is -7.28. The number of benzene rings is 2. The molecule has 0 bridgehead atoms. The predicted octanol–water partition coefficient (Wildman–Crippen LogP) is 4.34. The van der Waals surface area contributed by atoms with E-state index < -0.39 is 41.1 Å². The molecule has 29 heavy (non-hydrogen) atoms. The summed E-state index contributed by atoms with van der Waals surface area (Å²) >= 11 is 9.67. The van der Waals surface area contributed by atoms with Crippen molar-refractivity contribution in [2.75, 3.05) is 0 Å². The maximum absolute atomic E-state index is 13.3. The van der Waals surface area contributed by atoms with Gasteiger partial charge in [0.2, 0.25) is 0 Å². The molecule has 3 atom stereocenters. The summed E-state index contributed by atoms with van der Waals surface area (Å²) in [4.78, 5) is 4.85. The molecular weight excluding hydrogens is 452 g/mol. The molecule has 1 aliphatic rings. The lowest BCUT2D eigenvalue weighted by Crippen LogP contribution is -2.37. The normalized spacial score (nSPS) is 23.0. The van der Waals surface area contributed by atoms with Crippen molar-refractivity contribution in [2.45, 2.75) is 30.0 Å². The van der Waals surface area contributed by atoms with Crippen LogP contribution in [0.25, 0.3) is 0 Å². The Morgan fingerprint density at radius 3 is 2.41 bits per heavy atom. The fourth-order valence-electron chi connectivity index (χ4n) is 3.23. The Bertz CT molecular complexity index is 993. The SMILES string of the molecule is N#Cc1cc(C2(c3cc(Cl)cc(Cl)c3)CC(C(F)(F)F)ON2)ccc1CS(=O)[O-]. The summed E-state index contributed by atoms with van der Waals surface area (Å²) in [7, 11) is 0. The van der Waals surface area contributed by atoms with Crippen LogP contribution in [0.15, 0.2) is 36.4 Å². The monoisotopic (exact) mass is 463 g/mol. The molecule has 0 amide bonds. The number of nitrogens with one attached hydrogen (secondary N) is 1. The molecule has 3 rings (SSSR count). The molecule has 1 fully saturated rings. The zero-order chi connectivity index (χ0) is 21.4. The van der Waals surface area contributed by atoms with Crippen LogP contribution in [0.5, 0.6) is 0 Å². The first-order valence-electron chi connectivity index (χ1n) is 8.10. The molecule has 0 saturated carbocycles. The summed E-state index contributed by atoms with van der Waals surface area (Å²) in [6.45, 7) is 0. The van der Waals surface area contributed by atoms with Crippen molar-refractivity contribution in [2.24, 2.45) is 0 Å². The largest absolute Gasteiger partial charge is 0.772 e. The highest BCUT2D eigenvalue weighted by atomic mass is 35.5. The van der Waals surface area contributed by atoms with Crippen molar-refractivity contribution in [1.29, 1.82) is 5.26 Å². The average molecular weight is 464 g/mol. The van der Waals surface area contributed by atoms with Crippen molar-refractivity contribution >= 4 is 34.3 Å². The number of alkyl halides is 3. The molecule has 1 heterocycles. The van der Waals surface area contributed by atoms with Crippen molar-refractivity contribution in [3.05, 3.63) is 68.7 Å². The summed E-state index contributed by atoms with van der Waals surface area (Å²) < 4.78 is 61.9. The lowest BCUT2D eigenvalue weighted by molar-refractivity contribution is -0.218. The first-order valence-corrected chi connectivity index (χ1v) is 10.1. The van der Waals surface area contributed by atoms with Crippen LogP contribution in [0.3, 0.4) is 0 Å². The fraction of sp³-hybridized carbons (Fsp3) is 0.278. The summed E-state index contributed by atoms with van der Waals surface area (Å²) in [5, 5.41) is 9.82. The highest BCUT2D eigenvalue weighted by molar-refractivity contribution is 7.78. The minimum atomic E-state index is -4.63. The first-order chi connectivity index (χ1) is 13.5. The van der Waals surface area contributed by atoms with Crippen molar-refractivity contribution in [3.63, 3.8) is 0 Å². The van der Waals surface area contributed by atoms with Gasteiger partial charge in [-0.05, 0) is 41.0 Å². The number of nitriles is 1. The van der Waals surface area contributed by atoms with Crippen LogP contribution < -0.4 is 5.48 Å². The van der Waals surface area contributed by atoms with Gasteiger partial charge in [-0.15, -0.1) is 0 Å². The van der Waals surface area contributed by atoms with Gasteiger partial charge in [-0.2, -0.15) is 23.9 Å². The zero-order valence-electron chi connectivity index (χ0n) is 14.4. The van der Waals surface area contributed by atoms with E-state index in [1.54, 1.807) is 0 Å². The van der Waals surface area contributed by atoms with Gasteiger partial charge in [-0.1, -0.05) is 46.4 Å². The average Bonchev–Trinajstić information content (AvgIpc) is 3.08. The molecule has 154 valence electrons. The van der Waals surface area contributed by atoms with E-state index in [1.165, 1.54) is 36.4 Å². The van der Waals surface area contributed by atoms with Crippen molar-refractivity contribution in [3.8, 4) is 6.07 Å². The molecule has 0 aromatic heterocycles. The third-order valence-corrected chi connectivity index (χ3v) is 5.57. The molecular formula is C18H12Cl2F3N2O3S-. The number of hydroxylamine groups is 1. The molecule has 3 unspecified atom stereocenters. The van der Waals surface area contributed by atoms with E-state index in [2.05, 4.69) is 5.48 Å². The molecule has 2 aromatic rings. The Kier molecular flexibility index (Phi) is 6.24. The number of hydrogen-bond donors (Lipinski definition) is 1. The van der Waals surface area contributed by atoms with Gasteiger partial charge < -0.3 is 4.55 Å². The summed E-state index contributed by atoms with van der Waals surface area (Å²) in [5.41, 5.74) is 1.80. The molecule has 1 aliphatic heterocycles. The van der Waals surface area contributed by atoms with E-state index in [0.717, 1.165) is 0 Å². The maximum atomic E-state index is 13.3. The maximum Gasteiger partial charge on any atom is 0.416 e. The predicted molar refractivity (Wildman–Crippen MR) is 99.7 cm³/mol. The molecule has 1 N–H and O–H groups in total. The summed E-state index contributed by atoms with van der Waals surface area (Å²) in [5.74, 6) is -0.395. The quantitative estimate of drug-likeness (QED) is 0.681. The van der Waals surface area contributed by atoms with Gasteiger partial charge in [0.1, 0.15) is 0 Å². The van der Waals surface area contributed by atoms with Crippen molar-refractivity contribution in [1.82, 2.24) is 5.48 Å². The van der Waals surface area contributed by atoms with Crippen LogP contribution in [-0.2, 0) is 27.2 Å². The Balaban J connectivity index is 2.17. The van der Waals surface area contributed by atoms with E-state index >= 15 is 0 Å². The van der Waals surface area contributed by atoms with E-state index in [9.17, 15) is 27.2 Å². The lowest BCUT2D eigenvalue weighted by atomic mass is 9.79. The second kappa shape index (κ2) is 8.22. The zero-order valence-corrected chi connectivity index (χ0v) is 16.8. The number of hydrogen-bond acceptors (Lipinski definition) is 5. The fourth-order valence-corrected chi connectivity index (χ4v) is 4.27. The molecule has 2 aromatic carbocycles.